The summed E-state index contributed by atoms with van der Waals surface area (Å²) in [4.78, 5) is 24.8. The molecule has 160 valence electrons. The van der Waals surface area contributed by atoms with Crippen molar-refractivity contribution in [1.29, 1.82) is 0 Å². The summed E-state index contributed by atoms with van der Waals surface area (Å²) in [5.74, 6) is -0.118. The van der Waals surface area contributed by atoms with Crippen molar-refractivity contribution in [3.05, 3.63) is 108 Å². The molecule has 0 aliphatic heterocycles. The molecule has 32 heavy (non-hydrogen) atoms. The number of carbonyl (C=O) groups is 2. The van der Waals surface area contributed by atoms with E-state index < -0.39 is 0 Å². The molecular weight excluding hydrogens is 400 g/mol. The highest BCUT2D eigenvalue weighted by Gasteiger charge is 2.09. The predicted molar refractivity (Wildman–Crippen MR) is 128 cm³/mol. The van der Waals surface area contributed by atoms with Gasteiger partial charge in [-0.05, 0) is 66.6 Å². The number of urea groups is 1. The molecule has 0 atom stereocenters. The number of hydrogen-bond acceptors (Lipinski definition) is 2. The number of rotatable bonds is 6. The number of para-hydroxylation sites is 1. The van der Waals surface area contributed by atoms with Crippen molar-refractivity contribution in [3.63, 3.8) is 0 Å². The van der Waals surface area contributed by atoms with E-state index in [1.165, 1.54) is 0 Å². The van der Waals surface area contributed by atoms with E-state index in [0.717, 1.165) is 16.8 Å². The average molecular weight is 425 g/mol. The number of hydrogen-bond donors (Lipinski definition) is 3. The van der Waals surface area contributed by atoms with Crippen molar-refractivity contribution in [3.8, 4) is 5.69 Å². The molecule has 4 aromatic rings. The molecule has 0 fully saturated rings. The van der Waals surface area contributed by atoms with Gasteiger partial charge >= 0.3 is 6.03 Å². The molecule has 0 bridgehead atoms. The molecule has 6 heteroatoms. The van der Waals surface area contributed by atoms with Crippen molar-refractivity contribution < 1.29 is 9.59 Å². The van der Waals surface area contributed by atoms with Crippen LogP contribution in [0, 0.1) is 6.92 Å². The van der Waals surface area contributed by atoms with E-state index in [-0.39, 0.29) is 18.4 Å². The number of nitrogens with one attached hydrogen (secondary N) is 3. The molecule has 6 nitrogen and oxygen atoms in total. The minimum absolute atomic E-state index is 0.118. The topological polar surface area (TPSA) is 75.2 Å². The zero-order valence-electron chi connectivity index (χ0n) is 17.7. The van der Waals surface area contributed by atoms with Crippen LogP contribution < -0.4 is 16.0 Å². The van der Waals surface area contributed by atoms with Crippen LogP contribution in [0.3, 0.4) is 0 Å². The van der Waals surface area contributed by atoms with Gasteiger partial charge in [0.05, 0.1) is 6.42 Å². The standard InChI is InChI=1S/C26H24N4O2/c1-19-9-12-22(28-26(32)27-21-7-3-2-4-8-21)18-24(19)29-25(31)17-20-10-13-23(14-11-20)30-15-5-6-16-30/h2-16,18H,17H2,1H3,(H,29,31)(H2,27,28,32). The molecule has 0 aliphatic rings. The molecule has 0 unspecified atom stereocenters. The number of aryl methyl sites for hydroxylation is 1. The second-order valence-corrected chi connectivity index (χ2v) is 7.46. The van der Waals surface area contributed by atoms with E-state index in [9.17, 15) is 9.59 Å². The SMILES string of the molecule is Cc1ccc(NC(=O)Nc2ccccc2)cc1NC(=O)Cc1ccc(-n2cccc2)cc1. The summed E-state index contributed by atoms with van der Waals surface area (Å²) in [5, 5.41) is 8.52. The van der Waals surface area contributed by atoms with E-state index in [1.807, 2.05) is 96.7 Å². The van der Waals surface area contributed by atoms with Gasteiger partial charge in [0.1, 0.15) is 0 Å². The zero-order valence-corrected chi connectivity index (χ0v) is 17.7. The molecule has 0 aliphatic carbocycles. The maximum Gasteiger partial charge on any atom is 0.323 e. The van der Waals surface area contributed by atoms with Crippen molar-refractivity contribution >= 4 is 29.0 Å². The van der Waals surface area contributed by atoms with Gasteiger partial charge in [-0.2, -0.15) is 0 Å². The average Bonchev–Trinajstić information content (AvgIpc) is 3.32. The minimum atomic E-state index is -0.347. The fourth-order valence-corrected chi connectivity index (χ4v) is 3.32. The minimum Gasteiger partial charge on any atom is -0.325 e. The van der Waals surface area contributed by atoms with Gasteiger partial charge in [0.2, 0.25) is 5.91 Å². The first kappa shape index (κ1) is 20.9. The van der Waals surface area contributed by atoms with Crippen molar-refractivity contribution in [2.24, 2.45) is 0 Å². The number of nitrogens with zero attached hydrogens (tertiary/aromatic N) is 1. The van der Waals surface area contributed by atoms with Crippen LogP contribution in [0.5, 0.6) is 0 Å². The molecule has 0 radical (unpaired) electrons. The summed E-state index contributed by atoms with van der Waals surface area (Å²) in [6.07, 6.45) is 4.22. The number of benzene rings is 3. The van der Waals surface area contributed by atoms with Gasteiger partial charge in [0.25, 0.3) is 0 Å². The number of carbonyl (C=O) groups excluding carboxylic acids is 2. The third-order valence-corrected chi connectivity index (χ3v) is 5.00. The van der Waals surface area contributed by atoms with Gasteiger partial charge in [0.15, 0.2) is 0 Å². The molecule has 3 amide bonds. The first-order chi connectivity index (χ1) is 15.6. The van der Waals surface area contributed by atoms with Crippen LogP contribution >= 0.6 is 0 Å². The van der Waals surface area contributed by atoms with Crippen LogP contribution in [-0.2, 0) is 11.2 Å². The fourth-order valence-electron chi connectivity index (χ4n) is 3.32. The lowest BCUT2D eigenvalue weighted by molar-refractivity contribution is -0.115. The van der Waals surface area contributed by atoms with E-state index in [4.69, 9.17) is 0 Å². The van der Waals surface area contributed by atoms with Gasteiger partial charge in [-0.15, -0.1) is 0 Å². The molecule has 4 rings (SSSR count). The van der Waals surface area contributed by atoms with Gasteiger partial charge in [-0.3, -0.25) is 4.79 Å². The molecule has 0 saturated carbocycles. The molecule has 0 saturated heterocycles. The van der Waals surface area contributed by atoms with E-state index in [0.29, 0.717) is 17.1 Å². The third kappa shape index (κ3) is 5.43. The lowest BCUT2D eigenvalue weighted by Crippen LogP contribution is -2.20. The lowest BCUT2D eigenvalue weighted by atomic mass is 10.1. The van der Waals surface area contributed by atoms with Crippen molar-refractivity contribution in [1.82, 2.24) is 4.57 Å². The maximum absolute atomic E-state index is 12.6. The summed E-state index contributed by atoms with van der Waals surface area (Å²) in [7, 11) is 0. The molecule has 3 aromatic carbocycles. The number of amides is 3. The Labute approximate surface area is 186 Å². The third-order valence-electron chi connectivity index (χ3n) is 5.00. The van der Waals surface area contributed by atoms with E-state index in [1.54, 1.807) is 12.1 Å². The summed E-state index contributed by atoms with van der Waals surface area (Å²) in [6.45, 7) is 1.91. The van der Waals surface area contributed by atoms with Crippen molar-refractivity contribution in [2.75, 3.05) is 16.0 Å². The Balaban J connectivity index is 1.37. The Hall–Kier alpha value is -4.32. The highest BCUT2D eigenvalue weighted by atomic mass is 16.2. The van der Waals surface area contributed by atoms with Crippen LogP contribution in [-0.4, -0.2) is 16.5 Å². The van der Waals surface area contributed by atoms with Gasteiger partial charge in [-0.1, -0.05) is 36.4 Å². The van der Waals surface area contributed by atoms with Crippen molar-refractivity contribution in [2.45, 2.75) is 13.3 Å². The normalized spacial score (nSPS) is 10.4. The summed E-state index contributed by atoms with van der Waals surface area (Å²) in [6, 6.07) is 26.1. The number of aromatic nitrogens is 1. The van der Waals surface area contributed by atoms with Crippen LogP contribution in [0.2, 0.25) is 0 Å². The highest BCUT2D eigenvalue weighted by molar-refractivity contribution is 6.00. The summed E-state index contributed by atoms with van der Waals surface area (Å²) >= 11 is 0. The lowest BCUT2D eigenvalue weighted by Gasteiger charge is -2.12. The van der Waals surface area contributed by atoms with Gasteiger partial charge in [0, 0.05) is 35.1 Å². The Morgan fingerprint density at radius 1 is 0.750 bits per heavy atom. The predicted octanol–water partition coefficient (Wildman–Crippen LogP) is 5.61. The molecule has 3 N–H and O–H groups in total. The second-order valence-electron chi connectivity index (χ2n) is 7.46. The largest absolute Gasteiger partial charge is 0.325 e. The Morgan fingerprint density at radius 2 is 1.44 bits per heavy atom. The van der Waals surface area contributed by atoms with Crippen LogP contribution in [0.4, 0.5) is 21.9 Å². The second kappa shape index (κ2) is 9.66. The van der Waals surface area contributed by atoms with Crippen LogP contribution in [0.15, 0.2) is 97.3 Å². The van der Waals surface area contributed by atoms with Crippen LogP contribution in [0.25, 0.3) is 5.69 Å². The maximum atomic E-state index is 12.6. The molecule has 0 spiro atoms. The fraction of sp³-hybridized carbons (Fsp3) is 0.0769. The summed E-state index contributed by atoms with van der Waals surface area (Å²) in [5.41, 5.74) is 4.84. The Bertz CT molecular complexity index is 1200. The zero-order chi connectivity index (χ0) is 22.3. The molecule has 1 heterocycles. The smallest absolute Gasteiger partial charge is 0.323 e. The molecule has 1 aromatic heterocycles. The van der Waals surface area contributed by atoms with E-state index in [2.05, 4.69) is 16.0 Å². The van der Waals surface area contributed by atoms with Gasteiger partial charge < -0.3 is 20.5 Å². The monoisotopic (exact) mass is 424 g/mol. The Kier molecular flexibility index (Phi) is 6.32. The quantitative estimate of drug-likeness (QED) is 0.376. The first-order valence-corrected chi connectivity index (χ1v) is 10.3. The highest BCUT2D eigenvalue weighted by Crippen LogP contribution is 2.21. The van der Waals surface area contributed by atoms with Gasteiger partial charge in [-0.25, -0.2) is 4.79 Å². The summed E-state index contributed by atoms with van der Waals surface area (Å²) < 4.78 is 2.01. The molecular formula is C26H24N4O2. The van der Waals surface area contributed by atoms with E-state index >= 15 is 0 Å². The van der Waals surface area contributed by atoms with Crippen LogP contribution in [0.1, 0.15) is 11.1 Å². The Morgan fingerprint density at radius 3 is 2.16 bits per heavy atom. The number of anilines is 3. The first-order valence-electron chi connectivity index (χ1n) is 10.3.